The zero-order valence-electron chi connectivity index (χ0n) is 21.3. The fourth-order valence-electron chi connectivity index (χ4n) is 3.76. The third kappa shape index (κ3) is 5.74. The summed E-state index contributed by atoms with van der Waals surface area (Å²) in [6.07, 6.45) is -4.88. The number of nitrogens with zero attached hydrogens (tertiary/aromatic N) is 3. The van der Waals surface area contributed by atoms with E-state index in [4.69, 9.17) is 0 Å². The predicted molar refractivity (Wildman–Crippen MR) is 137 cm³/mol. The normalized spacial score (nSPS) is 12.8. The van der Waals surface area contributed by atoms with Crippen molar-refractivity contribution in [2.75, 3.05) is 5.32 Å². The van der Waals surface area contributed by atoms with E-state index in [1.54, 1.807) is 0 Å². The van der Waals surface area contributed by atoms with Gasteiger partial charge in [-0.1, -0.05) is 26.8 Å². The topological polar surface area (TPSA) is 96.7 Å². The van der Waals surface area contributed by atoms with Crippen molar-refractivity contribution in [1.29, 1.82) is 0 Å². The van der Waals surface area contributed by atoms with E-state index in [1.807, 2.05) is 27.7 Å². The number of anilines is 1. The number of pyridine rings is 1. The maximum atomic E-state index is 14.8. The summed E-state index contributed by atoms with van der Waals surface area (Å²) >= 11 is 0. The fourth-order valence-corrected chi connectivity index (χ4v) is 3.76. The summed E-state index contributed by atoms with van der Waals surface area (Å²) in [5, 5.41) is 14.7. The van der Waals surface area contributed by atoms with Crippen molar-refractivity contribution in [2.24, 2.45) is 5.41 Å². The molecule has 2 heterocycles. The van der Waals surface area contributed by atoms with E-state index in [0.717, 1.165) is 30.3 Å². The van der Waals surface area contributed by atoms with Gasteiger partial charge in [-0.2, -0.15) is 13.2 Å². The van der Waals surface area contributed by atoms with Crippen LogP contribution in [0.4, 0.5) is 33.5 Å². The lowest BCUT2D eigenvalue weighted by molar-refractivity contribution is -0.384. The van der Waals surface area contributed by atoms with Crippen LogP contribution in [0.1, 0.15) is 33.3 Å². The van der Waals surface area contributed by atoms with Crippen LogP contribution in [0.5, 0.6) is 0 Å². The highest BCUT2D eigenvalue weighted by Gasteiger charge is 2.36. The van der Waals surface area contributed by atoms with Crippen molar-refractivity contribution >= 4 is 11.5 Å². The van der Waals surface area contributed by atoms with Gasteiger partial charge in [-0.3, -0.25) is 10.1 Å². The lowest BCUT2D eigenvalue weighted by Gasteiger charge is -2.28. The van der Waals surface area contributed by atoms with Gasteiger partial charge < -0.3 is 10.3 Å². The van der Waals surface area contributed by atoms with E-state index in [1.165, 1.54) is 24.3 Å². The van der Waals surface area contributed by atoms with Gasteiger partial charge in [-0.15, -0.1) is 0 Å². The van der Waals surface area contributed by atoms with E-state index >= 15 is 0 Å². The van der Waals surface area contributed by atoms with Crippen molar-refractivity contribution in [3.63, 3.8) is 0 Å². The minimum atomic E-state index is -4.88. The van der Waals surface area contributed by atoms with Gasteiger partial charge in [0.05, 0.1) is 33.1 Å². The third-order valence-corrected chi connectivity index (χ3v) is 6.36. The van der Waals surface area contributed by atoms with Gasteiger partial charge in [-0.25, -0.2) is 18.7 Å². The number of benzene rings is 2. The molecule has 0 saturated carbocycles. The highest BCUT2D eigenvalue weighted by Crippen LogP contribution is 2.41. The number of H-pyrrole nitrogens is 1. The Morgan fingerprint density at radius 3 is 2.23 bits per heavy atom. The molecule has 0 radical (unpaired) electrons. The maximum Gasteiger partial charge on any atom is 0.417 e. The lowest BCUT2D eigenvalue weighted by Crippen LogP contribution is -2.31. The van der Waals surface area contributed by atoms with Crippen LogP contribution in [0.3, 0.4) is 0 Å². The van der Waals surface area contributed by atoms with E-state index < -0.39 is 39.7 Å². The molecule has 4 aromatic rings. The molecule has 4 rings (SSSR count). The van der Waals surface area contributed by atoms with Crippen LogP contribution in [-0.2, 0) is 6.18 Å². The summed E-state index contributed by atoms with van der Waals surface area (Å²) in [4.78, 5) is 22.5. The van der Waals surface area contributed by atoms with Gasteiger partial charge in [0.25, 0.3) is 0 Å². The van der Waals surface area contributed by atoms with E-state index in [2.05, 4.69) is 20.3 Å². The average Bonchev–Trinajstić information content (AvgIpc) is 3.28. The number of nitrogens with one attached hydrogen (secondary N) is 2. The third-order valence-electron chi connectivity index (χ3n) is 6.36. The number of rotatable bonds is 6. The largest absolute Gasteiger partial charge is 0.417 e. The zero-order chi connectivity index (χ0) is 28.7. The van der Waals surface area contributed by atoms with Crippen molar-refractivity contribution in [3.8, 4) is 34.0 Å². The first kappa shape index (κ1) is 27.7. The molecule has 204 valence electrons. The summed E-state index contributed by atoms with van der Waals surface area (Å²) in [6.45, 7) is 7.62. The first-order valence-electron chi connectivity index (χ1n) is 11.8. The predicted octanol–water partition coefficient (Wildman–Crippen LogP) is 7.86. The van der Waals surface area contributed by atoms with E-state index in [0.29, 0.717) is 5.56 Å². The molecule has 2 aromatic heterocycles. The maximum absolute atomic E-state index is 14.8. The zero-order valence-corrected chi connectivity index (χ0v) is 21.3. The molecule has 7 nitrogen and oxygen atoms in total. The molecule has 2 aromatic carbocycles. The van der Waals surface area contributed by atoms with Crippen molar-refractivity contribution in [3.05, 3.63) is 81.9 Å². The number of alkyl halides is 3. The van der Waals surface area contributed by atoms with Gasteiger partial charge in [-0.05, 0) is 54.8 Å². The van der Waals surface area contributed by atoms with Gasteiger partial charge in [0.15, 0.2) is 0 Å². The highest BCUT2D eigenvalue weighted by molar-refractivity contribution is 5.81. The molecule has 0 aliphatic heterocycles. The van der Waals surface area contributed by atoms with Gasteiger partial charge in [0.2, 0.25) is 5.82 Å². The molecular formula is C27H24F5N5O2. The molecule has 1 atom stereocenters. The summed E-state index contributed by atoms with van der Waals surface area (Å²) in [5.41, 5.74) is -2.15. The molecule has 0 aliphatic carbocycles. The van der Waals surface area contributed by atoms with Crippen LogP contribution in [0.25, 0.3) is 34.0 Å². The van der Waals surface area contributed by atoms with Gasteiger partial charge in [0.1, 0.15) is 17.5 Å². The lowest BCUT2D eigenvalue weighted by atomic mass is 9.88. The van der Waals surface area contributed by atoms with Crippen LogP contribution in [0.2, 0.25) is 0 Å². The molecule has 39 heavy (non-hydrogen) atoms. The Morgan fingerprint density at radius 2 is 1.64 bits per heavy atom. The van der Waals surface area contributed by atoms with Crippen LogP contribution in [0.15, 0.2) is 54.6 Å². The van der Waals surface area contributed by atoms with Gasteiger partial charge in [0, 0.05) is 17.7 Å². The Hall–Kier alpha value is -4.35. The molecule has 0 bridgehead atoms. The monoisotopic (exact) mass is 545 g/mol. The second-order valence-corrected chi connectivity index (χ2v) is 10.0. The van der Waals surface area contributed by atoms with E-state index in [9.17, 15) is 32.1 Å². The summed E-state index contributed by atoms with van der Waals surface area (Å²) in [7, 11) is 0. The van der Waals surface area contributed by atoms with Crippen LogP contribution in [-0.4, -0.2) is 25.9 Å². The second-order valence-electron chi connectivity index (χ2n) is 10.0. The number of halogens is 5. The fraction of sp³-hybridized carbons (Fsp3) is 0.259. The van der Waals surface area contributed by atoms with Crippen molar-refractivity contribution < 1.29 is 26.9 Å². The molecule has 2 N–H and O–H groups in total. The summed E-state index contributed by atoms with van der Waals surface area (Å²) < 4.78 is 69.8. The van der Waals surface area contributed by atoms with Crippen molar-refractivity contribution in [2.45, 2.75) is 39.9 Å². The molecule has 0 aliphatic rings. The first-order valence-corrected chi connectivity index (χ1v) is 11.8. The van der Waals surface area contributed by atoms with Crippen LogP contribution < -0.4 is 5.32 Å². The average molecular weight is 546 g/mol. The first-order chi connectivity index (χ1) is 18.2. The second kappa shape index (κ2) is 10.1. The van der Waals surface area contributed by atoms with Crippen molar-refractivity contribution in [1.82, 2.24) is 15.0 Å². The molecular weight excluding hydrogens is 521 g/mol. The molecule has 0 spiro atoms. The molecule has 0 unspecified atom stereocenters. The highest BCUT2D eigenvalue weighted by atomic mass is 19.4. The number of aromatic nitrogens is 3. The summed E-state index contributed by atoms with van der Waals surface area (Å²) in [5.74, 6) is -2.22. The molecule has 0 fully saturated rings. The number of aromatic amines is 1. The minimum Gasteiger partial charge on any atom is -0.361 e. The quantitative estimate of drug-likeness (QED) is 0.146. The Bertz CT molecular complexity index is 1530. The van der Waals surface area contributed by atoms with Crippen LogP contribution >= 0.6 is 0 Å². The van der Waals surface area contributed by atoms with E-state index in [-0.39, 0.29) is 40.0 Å². The number of hydrogen-bond donors (Lipinski definition) is 2. The Kier molecular flexibility index (Phi) is 7.15. The Balaban J connectivity index is 1.96. The minimum absolute atomic E-state index is 0.0533. The molecule has 12 heteroatoms. The Labute approximate surface area is 220 Å². The molecule has 0 saturated heterocycles. The number of imidazole rings is 1. The standard InChI is InChI=1S/C27H24F5N5O2/c1-14(26(2,3)4)33-24-20(37(38)39)13-12-19(34-24)23-22(15-8-10-16(28)11-9-15)35-25(36-23)21-17(27(30,31)32)6-5-7-18(21)29/h5-14H,1-4H3,(H,33,34)(H,35,36)/t14-/m1/s1. The SMILES string of the molecule is C[C@@H](Nc1nc(-c2[nH]c(-c3c(F)cccc3C(F)(F)F)nc2-c2ccc(F)cc2)ccc1[N+](=O)[O-])C(C)(C)C. The molecule has 0 amide bonds. The Morgan fingerprint density at radius 1 is 0.974 bits per heavy atom. The number of nitro groups is 1. The van der Waals surface area contributed by atoms with Crippen LogP contribution in [0, 0.1) is 27.2 Å². The smallest absolute Gasteiger partial charge is 0.361 e. The number of hydrogen-bond acceptors (Lipinski definition) is 5. The van der Waals surface area contributed by atoms with Gasteiger partial charge >= 0.3 is 11.9 Å². The summed E-state index contributed by atoms with van der Waals surface area (Å²) in [6, 6.07) is 9.80.